The first-order valence-electron chi connectivity index (χ1n) is 5.37. The lowest BCUT2D eigenvalue weighted by Crippen LogP contribution is -2.13. The molecule has 0 aliphatic carbocycles. The molecule has 0 fully saturated rings. The smallest absolute Gasteiger partial charge is 0.291 e. The number of anilines is 2. The summed E-state index contributed by atoms with van der Waals surface area (Å²) in [6, 6.07) is 4.76. The van der Waals surface area contributed by atoms with Gasteiger partial charge < -0.3 is 5.32 Å². The monoisotopic (exact) mass is 410 g/mol. The molecule has 1 amide bonds. The van der Waals surface area contributed by atoms with Gasteiger partial charge in [0, 0.05) is 6.92 Å². The van der Waals surface area contributed by atoms with E-state index < -0.39 is 10.0 Å². The Morgan fingerprint density at radius 3 is 2.76 bits per heavy atom. The van der Waals surface area contributed by atoms with E-state index >= 15 is 0 Å². The molecule has 0 saturated heterocycles. The molecule has 2 N–H and O–H groups in total. The first-order chi connectivity index (χ1) is 9.79. The number of amides is 1. The molecule has 0 radical (unpaired) electrons. The molecule has 0 unspecified atom stereocenters. The van der Waals surface area contributed by atoms with Crippen LogP contribution in [0.2, 0.25) is 5.02 Å². The van der Waals surface area contributed by atoms with Gasteiger partial charge in [0.25, 0.3) is 14.4 Å². The SMILES string of the molecule is CC(=O)Nc1nnc(S(=O)(=O)Nc2cccc(Cl)c2Br)s1. The van der Waals surface area contributed by atoms with Crippen molar-refractivity contribution in [1.82, 2.24) is 10.2 Å². The number of sulfonamides is 1. The van der Waals surface area contributed by atoms with Crippen molar-refractivity contribution in [2.45, 2.75) is 11.3 Å². The maximum absolute atomic E-state index is 12.2. The van der Waals surface area contributed by atoms with Gasteiger partial charge in [-0.05, 0) is 28.1 Å². The largest absolute Gasteiger partial charge is 0.301 e. The molecule has 7 nitrogen and oxygen atoms in total. The lowest BCUT2D eigenvalue weighted by atomic mass is 10.3. The zero-order chi connectivity index (χ0) is 15.6. The second kappa shape index (κ2) is 6.26. The third kappa shape index (κ3) is 3.90. The van der Waals surface area contributed by atoms with Crippen molar-refractivity contribution < 1.29 is 13.2 Å². The number of rotatable bonds is 4. The van der Waals surface area contributed by atoms with E-state index in [1.54, 1.807) is 18.2 Å². The minimum atomic E-state index is -3.91. The first-order valence-corrected chi connectivity index (χ1v) is 8.84. The second-order valence-electron chi connectivity index (χ2n) is 3.76. The van der Waals surface area contributed by atoms with Gasteiger partial charge in [0.15, 0.2) is 0 Å². The molecule has 2 aromatic rings. The van der Waals surface area contributed by atoms with Gasteiger partial charge in [-0.2, -0.15) is 8.42 Å². The number of hydrogen-bond acceptors (Lipinski definition) is 6. The van der Waals surface area contributed by atoms with Crippen LogP contribution in [0, 0.1) is 0 Å². The number of nitrogens with one attached hydrogen (secondary N) is 2. The highest BCUT2D eigenvalue weighted by molar-refractivity contribution is 9.10. The van der Waals surface area contributed by atoms with E-state index in [1.165, 1.54) is 6.92 Å². The summed E-state index contributed by atoms with van der Waals surface area (Å²) in [5.41, 5.74) is 0.277. The van der Waals surface area contributed by atoms with Crippen molar-refractivity contribution in [3.05, 3.63) is 27.7 Å². The molecular formula is C10H8BrClN4O3S2. The Bertz CT molecular complexity index is 793. The number of hydrogen-bond donors (Lipinski definition) is 2. The van der Waals surface area contributed by atoms with Crippen LogP contribution in [0.25, 0.3) is 0 Å². The van der Waals surface area contributed by atoms with Gasteiger partial charge >= 0.3 is 0 Å². The van der Waals surface area contributed by atoms with E-state index in [4.69, 9.17) is 11.6 Å². The molecule has 2 rings (SSSR count). The Labute approximate surface area is 137 Å². The van der Waals surface area contributed by atoms with Gasteiger partial charge in [-0.1, -0.05) is 29.0 Å². The average Bonchev–Trinajstić information content (AvgIpc) is 2.83. The van der Waals surface area contributed by atoms with Crippen molar-refractivity contribution in [3.8, 4) is 0 Å². The number of halogens is 2. The van der Waals surface area contributed by atoms with E-state index in [9.17, 15) is 13.2 Å². The molecule has 1 aromatic heterocycles. The molecule has 0 bridgehead atoms. The zero-order valence-electron chi connectivity index (χ0n) is 10.4. The predicted molar refractivity (Wildman–Crippen MR) is 84.2 cm³/mol. The number of carbonyl (C=O) groups is 1. The fraction of sp³-hybridized carbons (Fsp3) is 0.100. The summed E-state index contributed by atoms with van der Waals surface area (Å²) in [5, 5.41) is 9.96. The highest BCUT2D eigenvalue weighted by atomic mass is 79.9. The van der Waals surface area contributed by atoms with Crippen LogP contribution in [-0.4, -0.2) is 24.5 Å². The third-order valence-electron chi connectivity index (χ3n) is 2.12. The minimum Gasteiger partial charge on any atom is -0.301 e. The Kier molecular flexibility index (Phi) is 4.81. The minimum absolute atomic E-state index is 0.105. The molecule has 0 saturated carbocycles. The molecule has 11 heteroatoms. The Morgan fingerprint density at radius 2 is 2.10 bits per heavy atom. The molecule has 1 heterocycles. The van der Waals surface area contributed by atoms with Crippen LogP contribution < -0.4 is 10.0 Å². The van der Waals surface area contributed by atoms with Crippen LogP contribution in [0.3, 0.4) is 0 Å². The van der Waals surface area contributed by atoms with Crippen LogP contribution in [-0.2, 0) is 14.8 Å². The van der Waals surface area contributed by atoms with E-state index in [-0.39, 0.29) is 21.1 Å². The average molecular weight is 412 g/mol. The standard InChI is InChI=1S/C10H8BrClN4O3S2/c1-5(17)13-9-14-15-10(20-9)21(18,19)16-7-4-2-3-6(12)8(7)11/h2-4,16H,1H3,(H,13,14,17). The summed E-state index contributed by atoms with van der Waals surface area (Å²) in [6.07, 6.45) is 0. The molecule has 0 spiro atoms. The molecule has 0 atom stereocenters. The summed E-state index contributed by atoms with van der Waals surface area (Å²) < 4.78 is 26.9. The molecule has 1 aromatic carbocycles. The van der Waals surface area contributed by atoms with Crippen molar-refractivity contribution in [2.24, 2.45) is 0 Å². The summed E-state index contributed by atoms with van der Waals surface area (Å²) in [5.74, 6) is -0.361. The second-order valence-corrected chi connectivity index (χ2v) is 7.80. The van der Waals surface area contributed by atoms with Crippen LogP contribution in [0.4, 0.5) is 10.8 Å². The van der Waals surface area contributed by atoms with Crippen molar-refractivity contribution in [1.29, 1.82) is 0 Å². The van der Waals surface area contributed by atoms with Gasteiger partial charge in [-0.25, -0.2) is 0 Å². The fourth-order valence-corrected chi connectivity index (χ4v) is 3.98. The van der Waals surface area contributed by atoms with Gasteiger partial charge in [0.1, 0.15) is 0 Å². The highest BCUT2D eigenvalue weighted by Crippen LogP contribution is 2.32. The zero-order valence-corrected chi connectivity index (χ0v) is 14.4. The van der Waals surface area contributed by atoms with Crippen molar-refractivity contribution >= 4 is 65.6 Å². The molecule has 0 aliphatic heterocycles. The van der Waals surface area contributed by atoms with Gasteiger partial charge in [0.2, 0.25) is 11.0 Å². The van der Waals surface area contributed by atoms with Crippen molar-refractivity contribution in [2.75, 3.05) is 10.0 Å². The van der Waals surface area contributed by atoms with Crippen LogP contribution >= 0.6 is 38.9 Å². The number of benzene rings is 1. The summed E-state index contributed by atoms with van der Waals surface area (Å²) in [6.45, 7) is 1.29. The summed E-state index contributed by atoms with van der Waals surface area (Å²) in [7, 11) is -3.91. The van der Waals surface area contributed by atoms with Crippen LogP contribution in [0.1, 0.15) is 6.92 Å². The topological polar surface area (TPSA) is 101 Å². The van der Waals surface area contributed by atoms with Crippen LogP contribution in [0.5, 0.6) is 0 Å². The summed E-state index contributed by atoms with van der Waals surface area (Å²) in [4.78, 5) is 10.9. The lowest BCUT2D eigenvalue weighted by molar-refractivity contribution is -0.114. The van der Waals surface area contributed by atoms with E-state index in [2.05, 4.69) is 36.2 Å². The quantitative estimate of drug-likeness (QED) is 0.753. The van der Waals surface area contributed by atoms with E-state index in [0.29, 0.717) is 9.50 Å². The van der Waals surface area contributed by atoms with Gasteiger partial charge in [-0.15, -0.1) is 10.2 Å². The number of carbonyl (C=O) groups excluding carboxylic acids is 1. The Hall–Kier alpha value is -1.23. The molecular weight excluding hydrogens is 404 g/mol. The van der Waals surface area contributed by atoms with Gasteiger partial charge in [0.05, 0.1) is 15.2 Å². The lowest BCUT2D eigenvalue weighted by Gasteiger charge is -2.07. The van der Waals surface area contributed by atoms with E-state index in [1.807, 2.05) is 0 Å². The molecule has 21 heavy (non-hydrogen) atoms. The normalized spacial score (nSPS) is 11.2. The predicted octanol–water partition coefficient (Wildman–Crippen LogP) is 2.71. The molecule has 112 valence electrons. The van der Waals surface area contributed by atoms with E-state index in [0.717, 1.165) is 11.3 Å². The maximum atomic E-state index is 12.2. The summed E-state index contributed by atoms with van der Waals surface area (Å²) >= 11 is 9.83. The van der Waals surface area contributed by atoms with Gasteiger partial charge in [-0.3, -0.25) is 9.52 Å². The fourth-order valence-electron chi connectivity index (χ4n) is 1.29. The molecule has 0 aliphatic rings. The Balaban J connectivity index is 2.28. The number of aromatic nitrogens is 2. The number of nitrogens with zero attached hydrogens (tertiary/aromatic N) is 2. The first kappa shape index (κ1) is 16.1. The van der Waals surface area contributed by atoms with Crippen molar-refractivity contribution in [3.63, 3.8) is 0 Å². The van der Waals surface area contributed by atoms with Crippen LogP contribution in [0.15, 0.2) is 27.0 Å². The maximum Gasteiger partial charge on any atom is 0.291 e. The highest BCUT2D eigenvalue weighted by Gasteiger charge is 2.22. The third-order valence-corrected chi connectivity index (χ3v) is 6.08. The Morgan fingerprint density at radius 1 is 1.38 bits per heavy atom.